The van der Waals surface area contributed by atoms with Gasteiger partial charge in [-0.2, -0.15) is 0 Å². The molecule has 22 heavy (non-hydrogen) atoms. The Morgan fingerprint density at radius 3 is 2.73 bits per heavy atom. The first-order valence-corrected chi connectivity index (χ1v) is 6.38. The number of carboxylic acids is 1. The zero-order valence-corrected chi connectivity index (χ0v) is 11.2. The van der Waals surface area contributed by atoms with E-state index in [2.05, 4.69) is 20.8 Å². The Bertz CT molecular complexity index is 752. The van der Waals surface area contributed by atoms with Gasteiger partial charge >= 0.3 is 5.97 Å². The van der Waals surface area contributed by atoms with E-state index in [4.69, 9.17) is 5.11 Å². The molecule has 9 nitrogen and oxygen atoms in total. The van der Waals surface area contributed by atoms with Crippen LogP contribution in [0.25, 0.3) is 0 Å². The molecule has 112 valence electrons. The smallest absolute Gasteiger partial charge is 0.335 e. The molecular weight excluding hydrogens is 290 g/mol. The summed E-state index contributed by atoms with van der Waals surface area (Å²) < 4.78 is 1.47. The van der Waals surface area contributed by atoms with E-state index < -0.39 is 17.9 Å². The Hall–Kier alpha value is -3.23. The lowest BCUT2D eigenvalue weighted by atomic mass is 10.1. The van der Waals surface area contributed by atoms with Gasteiger partial charge in [0.15, 0.2) is 0 Å². The molecule has 2 heterocycles. The van der Waals surface area contributed by atoms with Crippen molar-refractivity contribution in [3.63, 3.8) is 0 Å². The van der Waals surface area contributed by atoms with Crippen LogP contribution in [0.5, 0.6) is 0 Å². The van der Waals surface area contributed by atoms with Crippen molar-refractivity contribution in [2.24, 2.45) is 0 Å². The van der Waals surface area contributed by atoms with Crippen LogP contribution in [0.1, 0.15) is 22.8 Å². The summed E-state index contributed by atoms with van der Waals surface area (Å²) in [6.45, 7) is 0. The van der Waals surface area contributed by atoms with Gasteiger partial charge in [0.05, 0.1) is 12.0 Å². The number of hydrogen-bond donors (Lipinski definition) is 3. The van der Waals surface area contributed by atoms with Crippen LogP contribution >= 0.6 is 0 Å². The van der Waals surface area contributed by atoms with E-state index in [1.165, 1.54) is 35.2 Å². The summed E-state index contributed by atoms with van der Waals surface area (Å²) in [7, 11) is 0. The lowest BCUT2D eigenvalue weighted by Crippen LogP contribution is -2.35. The lowest BCUT2D eigenvalue weighted by Gasteiger charge is -2.23. The van der Waals surface area contributed by atoms with Gasteiger partial charge in [-0.25, -0.2) is 4.79 Å². The molecule has 2 amide bonds. The van der Waals surface area contributed by atoms with Crippen molar-refractivity contribution in [2.45, 2.75) is 12.5 Å². The van der Waals surface area contributed by atoms with Crippen molar-refractivity contribution in [2.75, 3.05) is 10.6 Å². The highest BCUT2D eigenvalue weighted by Crippen LogP contribution is 2.23. The molecular formula is C13H11N5O4. The summed E-state index contributed by atoms with van der Waals surface area (Å²) in [5.74, 6) is -1.55. The van der Waals surface area contributed by atoms with Crippen LogP contribution in [0.4, 0.5) is 11.6 Å². The Labute approximate surface area is 124 Å². The second-order valence-corrected chi connectivity index (χ2v) is 4.70. The molecule has 0 spiro atoms. The number of rotatable bonds is 3. The van der Waals surface area contributed by atoms with Crippen molar-refractivity contribution in [3.05, 3.63) is 36.2 Å². The molecule has 0 unspecified atom stereocenters. The van der Waals surface area contributed by atoms with Crippen molar-refractivity contribution in [1.29, 1.82) is 0 Å². The van der Waals surface area contributed by atoms with Crippen molar-refractivity contribution in [3.8, 4) is 0 Å². The number of carbonyl (C=O) groups is 3. The molecule has 0 bridgehead atoms. The van der Waals surface area contributed by atoms with Gasteiger partial charge in [-0.3, -0.25) is 19.5 Å². The summed E-state index contributed by atoms with van der Waals surface area (Å²) in [4.78, 5) is 34.7. The molecule has 0 aliphatic carbocycles. The number of nitrogens with zero attached hydrogens (tertiary/aromatic N) is 3. The summed E-state index contributed by atoms with van der Waals surface area (Å²) >= 11 is 0. The molecule has 0 saturated heterocycles. The fourth-order valence-corrected chi connectivity index (χ4v) is 2.15. The van der Waals surface area contributed by atoms with Gasteiger partial charge in [-0.1, -0.05) is 0 Å². The minimum Gasteiger partial charge on any atom is -0.478 e. The van der Waals surface area contributed by atoms with Crippen molar-refractivity contribution < 1.29 is 19.5 Å². The zero-order valence-electron chi connectivity index (χ0n) is 11.2. The van der Waals surface area contributed by atoms with E-state index in [-0.39, 0.29) is 23.8 Å². The summed E-state index contributed by atoms with van der Waals surface area (Å²) in [6.07, 6.45) is 1.34. The molecule has 1 atom stereocenters. The van der Waals surface area contributed by atoms with E-state index in [9.17, 15) is 14.4 Å². The monoisotopic (exact) mass is 301 g/mol. The summed E-state index contributed by atoms with van der Waals surface area (Å²) in [6, 6.07) is 4.98. The average molecular weight is 301 g/mol. The molecule has 0 fully saturated rings. The predicted molar refractivity (Wildman–Crippen MR) is 74.3 cm³/mol. The number of aromatic carboxylic acids is 1. The number of carboxylic acid groups (broad SMARTS) is 1. The van der Waals surface area contributed by atoms with Gasteiger partial charge in [0.1, 0.15) is 12.4 Å². The summed E-state index contributed by atoms with van der Waals surface area (Å²) in [5.41, 5.74) is 0.562. The van der Waals surface area contributed by atoms with Gasteiger partial charge in [-0.05, 0) is 24.3 Å². The van der Waals surface area contributed by atoms with Crippen LogP contribution < -0.4 is 10.6 Å². The van der Waals surface area contributed by atoms with Crippen LogP contribution in [0.3, 0.4) is 0 Å². The van der Waals surface area contributed by atoms with Gasteiger partial charge in [-0.15, -0.1) is 10.2 Å². The number of fused-ring (bicyclic) bond motifs is 1. The fraction of sp³-hybridized carbons (Fsp3) is 0.154. The number of aromatic nitrogens is 3. The normalized spacial score (nSPS) is 16.5. The Morgan fingerprint density at radius 2 is 2.05 bits per heavy atom. The standard InChI is InChI=1S/C13H11N5O4/c19-10-5-9(18-6-14-17-13(18)16-10)11(20)15-8-3-1-7(2-4-8)12(21)22/h1-4,6,9H,5H2,(H,15,20)(H,21,22)(H,16,17,19)/t9-/m1/s1. The molecule has 3 N–H and O–H groups in total. The Balaban J connectivity index is 1.78. The number of anilines is 2. The highest BCUT2D eigenvalue weighted by Gasteiger charge is 2.31. The molecule has 3 rings (SSSR count). The average Bonchev–Trinajstić information content (AvgIpc) is 2.94. The second kappa shape index (κ2) is 5.28. The van der Waals surface area contributed by atoms with E-state index >= 15 is 0 Å². The highest BCUT2D eigenvalue weighted by atomic mass is 16.4. The third-order valence-corrected chi connectivity index (χ3v) is 3.24. The third kappa shape index (κ3) is 2.51. The second-order valence-electron chi connectivity index (χ2n) is 4.70. The maximum absolute atomic E-state index is 12.3. The first kappa shape index (κ1) is 13.7. The van der Waals surface area contributed by atoms with Crippen molar-refractivity contribution >= 4 is 29.4 Å². The van der Waals surface area contributed by atoms with E-state index in [1.54, 1.807) is 0 Å². The molecule has 0 radical (unpaired) electrons. The van der Waals surface area contributed by atoms with Crippen LogP contribution in [-0.4, -0.2) is 37.7 Å². The van der Waals surface area contributed by atoms with E-state index in [1.807, 2.05) is 0 Å². The minimum atomic E-state index is -1.05. The zero-order chi connectivity index (χ0) is 15.7. The molecule has 1 aliphatic heterocycles. The Morgan fingerprint density at radius 1 is 1.32 bits per heavy atom. The number of benzene rings is 1. The number of nitrogens with one attached hydrogen (secondary N) is 2. The van der Waals surface area contributed by atoms with Gasteiger partial charge < -0.3 is 10.4 Å². The molecule has 1 aliphatic rings. The quantitative estimate of drug-likeness (QED) is 0.757. The maximum Gasteiger partial charge on any atom is 0.335 e. The van der Waals surface area contributed by atoms with Gasteiger partial charge in [0.25, 0.3) is 0 Å². The predicted octanol–water partition coefficient (Wildman–Crippen LogP) is 0.498. The minimum absolute atomic E-state index is 0.0237. The third-order valence-electron chi connectivity index (χ3n) is 3.24. The van der Waals surface area contributed by atoms with Gasteiger partial charge in [0, 0.05) is 5.69 Å². The van der Waals surface area contributed by atoms with E-state index in [0.29, 0.717) is 5.69 Å². The molecule has 1 aromatic heterocycles. The van der Waals surface area contributed by atoms with Crippen molar-refractivity contribution in [1.82, 2.24) is 14.8 Å². The highest BCUT2D eigenvalue weighted by molar-refractivity contribution is 6.01. The molecule has 1 aromatic carbocycles. The number of carbonyl (C=O) groups excluding carboxylic acids is 2. The van der Waals surface area contributed by atoms with Crippen LogP contribution in [0, 0.1) is 0 Å². The fourth-order valence-electron chi connectivity index (χ4n) is 2.15. The molecule has 9 heteroatoms. The first-order chi connectivity index (χ1) is 10.5. The largest absolute Gasteiger partial charge is 0.478 e. The van der Waals surface area contributed by atoms with Crippen LogP contribution in [0.2, 0.25) is 0 Å². The SMILES string of the molecule is O=C1C[C@H](C(=O)Nc2ccc(C(=O)O)cc2)n2cnnc2N1. The molecule has 0 saturated carbocycles. The Kier molecular flexibility index (Phi) is 3.30. The first-order valence-electron chi connectivity index (χ1n) is 6.38. The topological polar surface area (TPSA) is 126 Å². The molecule has 2 aromatic rings. The van der Waals surface area contributed by atoms with Gasteiger partial charge in [0.2, 0.25) is 17.8 Å². The lowest BCUT2D eigenvalue weighted by molar-refractivity contribution is -0.125. The summed E-state index contributed by atoms with van der Waals surface area (Å²) in [5, 5.41) is 21.4. The number of amides is 2. The van der Waals surface area contributed by atoms with Crippen LogP contribution in [0.15, 0.2) is 30.6 Å². The number of hydrogen-bond acceptors (Lipinski definition) is 5. The maximum atomic E-state index is 12.3. The van der Waals surface area contributed by atoms with E-state index in [0.717, 1.165) is 0 Å². The van der Waals surface area contributed by atoms with Crippen LogP contribution in [-0.2, 0) is 9.59 Å².